The maximum Gasteiger partial charge on any atom is 0.276 e. The van der Waals surface area contributed by atoms with Crippen LogP contribution in [0.4, 0.5) is 5.69 Å². The van der Waals surface area contributed by atoms with Crippen molar-refractivity contribution in [1.82, 2.24) is 4.98 Å². The second-order valence-corrected chi connectivity index (χ2v) is 6.87. The zero-order valence-corrected chi connectivity index (χ0v) is 15.4. The van der Waals surface area contributed by atoms with Gasteiger partial charge >= 0.3 is 0 Å². The smallest absolute Gasteiger partial charge is 0.258 e. The van der Waals surface area contributed by atoms with E-state index in [2.05, 4.69) is 24.3 Å². The van der Waals surface area contributed by atoms with Crippen LogP contribution in [0.2, 0.25) is 0 Å². The van der Waals surface area contributed by atoms with Crippen LogP contribution in [-0.4, -0.2) is 9.91 Å². The van der Waals surface area contributed by atoms with Gasteiger partial charge in [-0.2, -0.15) is 0 Å². The maximum absolute atomic E-state index is 11.4. The average molecular weight is 376 g/mol. The van der Waals surface area contributed by atoms with Gasteiger partial charge in [0.25, 0.3) is 5.69 Å². The summed E-state index contributed by atoms with van der Waals surface area (Å²) in [6.07, 6.45) is 3.78. The van der Waals surface area contributed by atoms with Gasteiger partial charge in [0, 0.05) is 22.2 Å². The van der Waals surface area contributed by atoms with Crippen molar-refractivity contribution in [3.8, 4) is 0 Å². The number of pyridine rings is 1. The Morgan fingerprint density at radius 2 is 1.45 bits per heavy atom. The van der Waals surface area contributed by atoms with E-state index in [9.17, 15) is 10.1 Å². The Kier molecular flexibility index (Phi) is 4.03. The number of para-hydroxylation sites is 2. The van der Waals surface area contributed by atoms with Crippen LogP contribution < -0.4 is 0 Å². The molecule has 4 aromatic carbocycles. The molecule has 5 rings (SSSR count). The zero-order chi connectivity index (χ0) is 19.8. The third-order valence-corrected chi connectivity index (χ3v) is 5.18. The molecule has 1 aromatic heterocycles. The molecule has 0 radical (unpaired) electrons. The Morgan fingerprint density at radius 1 is 0.724 bits per heavy atom. The van der Waals surface area contributed by atoms with Gasteiger partial charge in [-0.1, -0.05) is 72.8 Å². The SMILES string of the molecule is O=[N+]([O-])c1ccccc1C=Cc1c2ccccc2nc2c1ccc1ccccc12. The predicted molar refractivity (Wildman–Crippen MR) is 119 cm³/mol. The minimum atomic E-state index is -0.351. The van der Waals surface area contributed by atoms with Gasteiger partial charge in [0.1, 0.15) is 0 Å². The second-order valence-electron chi connectivity index (χ2n) is 6.87. The molecule has 0 saturated heterocycles. The van der Waals surface area contributed by atoms with Crippen LogP contribution in [0, 0.1) is 10.1 Å². The summed E-state index contributed by atoms with van der Waals surface area (Å²) in [7, 11) is 0. The molecular weight excluding hydrogens is 360 g/mol. The van der Waals surface area contributed by atoms with Crippen LogP contribution in [0.25, 0.3) is 44.7 Å². The molecule has 0 amide bonds. The maximum atomic E-state index is 11.4. The molecule has 0 fully saturated rings. The summed E-state index contributed by atoms with van der Waals surface area (Å²) >= 11 is 0. The largest absolute Gasteiger partial charge is 0.276 e. The highest BCUT2D eigenvalue weighted by Crippen LogP contribution is 2.32. The van der Waals surface area contributed by atoms with E-state index in [0.29, 0.717) is 5.56 Å². The second kappa shape index (κ2) is 6.84. The van der Waals surface area contributed by atoms with E-state index in [1.54, 1.807) is 12.1 Å². The van der Waals surface area contributed by atoms with Crippen LogP contribution in [0.15, 0.2) is 84.9 Å². The molecule has 5 aromatic rings. The van der Waals surface area contributed by atoms with Gasteiger partial charge in [0.2, 0.25) is 0 Å². The molecule has 0 spiro atoms. The number of nitro benzene ring substituents is 1. The van der Waals surface area contributed by atoms with E-state index >= 15 is 0 Å². The molecule has 0 aliphatic carbocycles. The molecule has 4 heteroatoms. The molecule has 0 bridgehead atoms. The fourth-order valence-electron chi connectivity index (χ4n) is 3.80. The highest BCUT2D eigenvalue weighted by molar-refractivity contribution is 6.13. The van der Waals surface area contributed by atoms with Gasteiger partial charge in [-0.25, -0.2) is 4.98 Å². The lowest BCUT2D eigenvalue weighted by molar-refractivity contribution is -0.385. The summed E-state index contributed by atoms with van der Waals surface area (Å²) in [6.45, 7) is 0. The van der Waals surface area contributed by atoms with Crippen molar-refractivity contribution in [3.63, 3.8) is 0 Å². The predicted octanol–water partition coefficient (Wildman–Crippen LogP) is 6.62. The zero-order valence-electron chi connectivity index (χ0n) is 15.4. The quantitative estimate of drug-likeness (QED) is 0.154. The Hall–Kier alpha value is -4.05. The molecule has 0 saturated carbocycles. The van der Waals surface area contributed by atoms with E-state index in [1.165, 1.54) is 6.07 Å². The fourth-order valence-corrected chi connectivity index (χ4v) is 3.80. The highest BCUT2D eigenvalue weighted by atomic mass is 16.6. The third kappa shape index (κ3) is 2.91. The number of nitro groups is 1. The van der Waals surface area contributed by atoms with E-state index in [0.717, 1.165) is 38.1 Å². The minimum absolute atomic E-state index is 0.0943. The van der Waals surface area contributed by atoms with Crippen LogP contribution in [0.3, 0.4) is 0 Å². The van der Waals surface area contributed by atoms with Crippen LogP contribution in [-0.2, 0) is 0 Å². The average Bonchev–Trinajstić information content (AvgIpc) is 2.76. The lowest BCUT2D eigenvalue weighted by atomic mass is 9.98. The molecule has 1 heterocycles. The summed E-state index contributed by atoms with van der Waals surface area (Å²) < 4.78 is 0. The van der Waals surface area contributed by atoms with Gasteiger partial charge in [-0.05, 0) is 29.2 Å². The first-order valence-electron chi connectivity index (χ1n) is 9.34. The van der Waals surface area contributed by atoms with Crippen molar-refractivity contribution in [2.24, 2.45) is 0 Å². The van der Waals surface area contributed by atoms with Gasteiger partial charge in [-0.3, -0.25) is 10.1 Å². The van der Waals surface area contributed by atoms with E-state index in [1.807, 2.05) is 54.6 Å². The molecule has 4 nitrogen and oxygen atoms in total. The van der Waals surface area contributed by atoms with Crippen molar-refractivity contribution in [2.45, 2.75) is 0 Å². The first-order chi connectivity index (χ1) is 14.2. The van der Waals surface area contributed by atoms with Gasteiger partial charge < -0.3 is 0 Å². The minimum Gasteiger partial charge on any atom is -0.258 e. The lowest BCUT2D eigenvalue weighted by Gasteiger charge is -2.10. The Bertz CT molecular complexity index is 1440. The summed E-state index contributed by atoms with van der Waals surface area (Å²) in [5, 5.41) is 15.6. The molecule has 0 N–H and O–H groups in total. The number of fused-ring (bicyclic) bond motifs is 4. The molecule has 29 heavy (non-hydrogen) atoms. The Labute approximate surface area is 166 Å². The number of hydrogen-bond donors (Lipinski definition) is 0. The monoisotopic (exact) mass is 376 g/mol. The number of hydrogen-bond acceptors (Lipinski definition) is 3. The molecule has 138 valence electrons. The van der Waals surface area contributed by atoms with Gasteiger partial charge in [0.05, 0.1) is 21.5 Å². The van der Waals surface area contributed by atoms with Gasteiger partial charge in [-0.15, -0.1) is 0 Å². The standard InChI is InChI=1S/C25H16N2O2/c28-27(29)24-12-6-2-8-18(24)14-15-20-21-10-4-5-11-23(21)26-25-19-9-3-1-7-17(19)13-16-22(20)25/h1-16H. The molecule has 0 atom stereocenters. The van der Waals surface area contributed by atoms with Gasteiger partial charge in [0.15, 0.2) is 0 Å². The third-order valence-electron chi connectivity index (χ3n) is 5.18. The van der Waals surface area contributed by atoms with Crippen molar-refractivity contribution < 1.29 is 4.92 Å². The van der Waals surface area contributed by atoms with Crippen LogP contribution >= 0.6 is 0 Å². The van der Waals surface area contributed by atoms with E-state index in [-0.39, 0.29) is 10.6 Å². The van der Waals surface area contributed by atoms with Crippen molar-refractivity contribution in [3.05, 3.63) is 106 Å². The fraction of sp³-hybridized carbons (Fsp3) is 0. The summed E-state index contributed by atoms with van der Waals surface area (Å²) in [6, 6.07) is 27.1. The van der Waals surface area contributed by atoms with E-state index in [4.69, 9.17) is 4.98 Å². The van der Waals surface area contributed by atoms with Crippen molar-refractivity contribution in [2.75, 3.05) is 0 Å². The number of rotatable bonds is 3. The van der Waals surface area contributed by atoms with E-state index < -0.39 is 0 Å². The lowest BCUT2D eigenvalue weighted by Crippen LogP contribution is -1.91. The molecule has 0 aliphatic heterocycles. The topological polar surface area (TPSA) is 56.0 Å². The summed E-state index contributed by atoms with van der Waals surface area (Å²) in [4.78, 5) is 15.9. The number of benzene rings is 4. The number of aromatic nitrogens is 1. The Morgan fingerprint density at radius 3 is 2.31 bits per heavy atom. The number of nitrogens with zero attached hydrogens (tertiary/aromatic N) is 2. The van der Waals surface area contributed by atoms with Crippen LogP contribution in [0.5, 0.6) is 0 Å². The summed E-state index contributed by atoms with van der Waals surface area (Å²) in [5.74, 6) is 0. The molecule has 0 unspecified atom stereocenters. The Balaban J connectivity index is 1.82. The first kappa shape index (κ1) is 17.1. The molecule has 0 aliphatic rings. The van der Waals surface area contributed by atoms with Crippen molar-refractivity contribution >= 4 is 50.4 Å². The summed E-state index contributed by atoms with van der Waals surface area (Å²) in [5.41, 5.74) is 3.52. The normalized spacial score (nSPS) is 11.6. The highest BCUT2D eigenvalue weighted by Gasteiger charge is 2.12. The molecular formula is C25H16N2O2. The first-order valence-corrected chi connectivity index (χ1v) is 9.34. The van der Waals surface area contributed by atoms with Crippen molar-refractivity contribution in [1.29, 1.82) is 0 Å². The van der Waals surface area contributed by atoms with Crippen LogP contribution in [0.1, 0.15) is 11.1 Å².